The maximum atomic E-state index is 6.86. The quantitative estimate of drug-likeness (QED) is 0.147. The third kappa shape index (κ3) is 7.45. The fraction of sp³-hybridized carbons (Fsp3) is 0.146. The van der Waals surface area contributed by atoms with Crippen molar-refractivity contribution in [3.05, 3.63) is 163 Å². The normalized spacial score (nSPS) is 12.7. The topological polar surface area (TPSA) is 72.2 Å². The number of pyridine rings is 1. The predicted octanol–water partition coefficient (Wildman–Crippen LogP) is 11.0. The molecule has 0 spiro atoms. The Labute approximate surface area is 347 Å². The summed E-state index contributed by atoms with van der Waals surface area (Å²) < 4.78 is 9.03. The van der Waals surface area contributed by atoms with Crippen LogP contribution in [0.25, 0.3) is 61.8 Å². The second-order valence-electron chi connectivity index (χ2n) is 15.3. The van der Waals surface area contributed by atoms with Crippen molar-refractivity contribution in [1.82, 2.24) is 29.4 Å². The minimum Gasteiger partial charge on any atom is -0.510 e. The van der Waals surface area contributed by atoms with Gasteiger partial charge in [0.2, 0.25) is 0 Å². The molecule has 0 saturated heterocycles. The van der Waals surface area contributed by atoms with Crippen molar-refractivity contribution in [2.24, 2.45) is 0 Å². The third-order valence-electron chi connectivity index (χ3n) is 10.0. The van der Waals surface area contributed by atoms with Crippen LogP contribution in [0.5, 0.6) is 11.5 Å². The van der Waals surface area contributed by atoms with Crippen molar-refractivity contribution in [2.75, 3.05) is 11.9 Å². The second kappa shape index (κ2) is 15.1. The van der Waals surface area contributed by atoms with Gasteiger partial charge in [0, 0.05) is 55.4 Å². The third-order valence-corrected chi connectivity index (χ3v) is 10.0. The average Bonchev–Trinajstić information content (AvgIpc) is 3.78. The van der Waals surface area contributed by atoms with Gasteiger partial charge < -0.3 is 19.1 Å². The van der Waals surface area contributed by atoms with E-state index >= 15 is 0 Å². The molecule has 1 aliphatic rings. The Bertz CT molecular complexity index is 2720. The molecule has 0 amide bonds. The second-order valence-corrected chi connectivity index (χ2v) is 15.3. The van der Waals surface area contributed by atoms with Crippen molar-refractivity contribution in [1.29, 1.82) is 0 Å². The summed E-state index contributed by atoms with van der Waals surface area (Å²) in [7, 11) is 1.99. The summed E-state index contributed by atoms with van der Waals surface area (Å²) in [5, 5.41) is 2.02. The van der Waals surface area contributed by atoms with Crippen molar-refractivity contribution < 1.29 is 25.8 Å². The first kappa shape index (κ1) is 37.8. The van der Waals surface area contributed by atoms with E-state index in [4.69, 9.17) is 24.7 Å². The van der Waals surface area contributed by atoms with Crippen LogP contribution >= 0.6 is 0 Å². The standard InChI is InChI=1S/C48H40N7O.Pt/c1-31-14-18-33(19-15-31)45-50-46(34-20-16-32(2)17-21-34)52-47(51-45)40-28-39-38-12-7-8-13-41(38)55(44-26-35(22-23-49-44)48(3,4)5)42(39)29-43(40)56-37-11-9-10-36(27-37)54-25-24-53(6)30-54;/h7-26,28,30H,1-6H3;/q-3;. The van der Waals surface area contributed by atoms with Gasteiger partial charge in [-0.05, 0) is 73.4 Å². The van der Waals surface area contributed by atoms with Crippen LogP contribution in [0.15, 0.2) is 128 Å². The molecule has 8 nitrogen and oxygen atoms in total. The number of ether oxygens (including phenoxy) is 1. The van der Waals surface area contributed by atoms with Crippen LogP contribution in [0.1, 0.15) is 37.5 Å². The SMILES string of the molecule is Cc1ccc(-c2nc(-c3ccc(C)cc3)nc(-c3cc4c5ccccc5n(-c5cc(C(C)(C)C)ccn5)c4[c-]c3Oc3[c-]c(N4C=CN(C)[CH-]4)ccc3)n2)cc1.[Pt]. The van der Waals surface area contributed by atoms with E-state index in [2.05, 4.69) is 118 Å². The number of nitrogens with zero attached hydrogens (tertiary/aromatic N) is 7. The molecule has 1 aliphatic heterocycles. The average molecular weight is 926 g/mol. The molecule has 5 aromatic carbocycles. The van der Waals surface area contributed by atoms with Crippen molar-refractivity contribution >= 4 is 27.5 Å². The van der Waals surface area contributed by atoms with E-state index in [1.54, 1.807) is 0 Å². The van der Waals surface area contributed by atoms with Gasteiger partial charge in [-0.15, -0.1) is 41.4 Å². The molecule has 0 fully saturated rings. The van der Waals surface area contributed by atoms with Gasteiger partial charge >= 0.3 is 0 Å². The van der Waals surface area contributed by atoms with Gasteiger partial charge in [-0.3, -0.25) is 0 Å². The number of hydrogen-bond donors (Lipinski definition) is 0. The molecule has 0 saturated carbocycles. The van der Waals surface area contributed by atoms with Crippen molar-refractivity contribution in [3.63, 3.8) is 0 Å². The Morgan fingerprint density at radius 1 is 0.684 bits per heavy atom. The minimum absolute atomic E-state index is 0. The molecule has 0 radical (unpaired) electrons. The predicted molar refractivity (Wildman–Crippen MR) is 224 cm³/mol. The van der Waals surface area contributed by atoms with Gasteiger partial charge in [0.25, 0.3) is 0 Å². The van der Waals surface area contributed by atoms with Gasteiger partial charge in [0.15, 0.2) is 11.6 Å². The number of anilines is 1. The summed E-state index contributed by atoms with van der Waals surface area (Å²) in [6, 6.07) is 44.3. The zero-order valence-electron chi connectivity index (χ0n) is 32.6. The van der Waals surface area contributed by atoms with E-state index in [-0.39, 0.29) is 26.5 Å². The van der Waals surface area contributed by atoms with Crippen LogP contribution < -0.4 is 9.64 Å². The van der Waals surface area contributed by atoms with E-state index in [1.807, 2.05) is 84.6 Å². The molecular formula is C48H40N7OPt-3. The molecule has 0 atom stereocenters. The van der Waals surface area contributed by atoms with Crippen molar-refractivity contribution in [2.45, 2.75) is 40.0 Å². The maximum absolute atomic E-state index is 6.86. The molecule has 9 rings (SSSR count). The zero-order valence-corrected chi connectivity index (χ0v) is 34.8. The Kier molecular flexibility index (Phi) is 10.0. The first-order chi connectivity index (χ1) is 27.1. The summed E-state index contributed by atoms with van der Waals surface area (Å²) in [4.78, 5) is 24.2. The van der Waals surface area contributed by atoms with Crippen molar-refractivity contribution in [3.8, 4) is 51.5 Å². The molecule has 0 unspecified atom stereocenters. The molecule has 0 N–H and O–H groups in total. The molecule has 286 valence electrons. The Morgan fingerprint density at radius 3 is 2.00 bits per heavy atom. The number of hydrogen-bond acceptors (Lipinski definition) is 7. The summed E-state index contributed by atoms with van der Waals surface area (Å²) in [5.41, 5.74) is 8.55. The number of para-hydroxylation sites is 1. The smallest absolute Gasteiger partial charge is 0.162 e. The van der Waals surface area contributed by atoms with Gasteiger partial charge in [-0.2, -0.15) is 12.7 Å². The zero-order chi connectivity index (χ0) is 38.6. The van der Waals surface area contributed by atoms with E-state index in [0.717, 1.165) is 55.6 Å². The summed E-state index contributed by atoms with van der Waals surface area (Å²) >= 11 is 0. The molecule has 4 heterocycles. The summed E-state index contributed by atoms with van der Waals surface area (Å²) in [6.07, 6.45) is 5.86. The van der Waals surface area contributed by atoms with Gasteiger partial charge in [0.1, 0.15) is 11.6 Å². The molecule has 9 heteroatoms. The Balaban J connectivity index is 0.00000455. The summed E-state index contributed by atoms with van der Waals surface area (Å²) in [6.45, 7) is 12.8. The molecule has 3 aromatic heterocycles. The van der Waals surface area contributed by atoms with Crippen LogP contribution in [-0.2, 0) is 26.5 Å². The van der Waals surface area contributed by atoms with Crippen LogP contribution in [0.2, 0.25) is 0 Å². The van der Waals surface area contributed by atoms with Crippen LogP contribution in [0, 0.1) is 32.6 Å². The van der Waals surface area contributed by atoms with Crippen LogP contribution in [-0.4, -0.2) is 36.5 Å². The fourth-order valence-electron chi connectivity index (χ4n) is 6.92. The van der Waals surface area contributed by atoms with Gasteiger partial charge in [-0.25, -0.2) is 19.9 Å². The summed E-state index contributed by atoms with van der Waals surface area (Å²) in [5.74, 6) is 3.38. The number of benzene rings is 5. The molecule has 57 heavy (non-hydrogen) atoms. The molecular weight excluding hydrogens is 886 g/mol. The minimum atomic E-state index is -0.0672. The first-order valence-electron chi connectivity index (χ1n) is 18.7. The number of aryl methyl sites for hydroxylation is 2. The largest absolute Gasteiger partial charge is 0.510 e. The molecule has 0 aliphatic carbocycles. The van der Waals surface area contributed by atoms with Crippen LogP contribution in [0.4, 0.5) is 5.69 Å². The number of rotatable bonds is 7. The van der Waals surface area contributed by atoms with E-state index in [0.29, 0.717) is 34.5 Å². The molecule has 0 bridgehead atoms. The number of aromatic nitrogens is 5. The molecule has 8 aromatic rings. The van der Waals surface area contributed by atoms with Gasteiger partial charge in [-0.1, -0.05) is 104 Å². The Morgan fingerprint density at radius 2 is 1.35 bits per heavy atom. The first-order valence-corrected chi connectivity index (χ1v) is 18.7. The van der Waals surface area contributed by atoms with E-state index in [9.17, 15) is 0 Å². The van der Waals surface area contributed by atoms with Gasteiger partial charge in [0.05, 0.1) is 0 Å². The fourth-order valence-corrected chi connectivity index (χ4v) is 6.92. The monoisotopic (exact) mass is 925 g/mol. The van der Waals surface area contributed by atoms with Crippen LogP contribution in [0.3, 0.4) is 0 Å². The van der Waals surface area contributed by atoms with E-state index in [1.165, 1.54) is 5.56 Å². The Hall–Kier alpha value is -6.11. The number of fused-ring (bicyclic) bond motifs is 3. The maximum Gasteiger partial charge on any atom is 0.162 e. The van der Waals surface area contributed by atoms with E-state index < -0.39 is 0 Å².